The van der Waals surface area contributed by atoms with E-state index in [0.29, 0.717) is 13.0 Å². The van der Waals surface area contributed by atoms with E-state index in [1.807, 2.05) is 32.9 Å². The Morgan fingerprint density at radius 2 is 1.60 bits per heavy atom. The molecule has 2 rings (SSSR count). The van der Waals surface area contributed by atoms with E-state index in [2.05, 4.69) is 66.8 Å². The molecule has 0 unspecified atom stereocenters. The highest BCUT2D eigenvalue weighted by Crippen LogP contribution is 2.67. The standard InChI is InChI=1S/C38H62N2O3/c1-13-17-33(4,5)20-22-36(10,18-16-31(42)40-14-2)23-21-34(6,7)38(12)19-15-29-35(8,9)32(43)28(26-39)25-37(29,11)30(38)24-27(3)41/h24-25,29H,13-23H2,1-12H3,(H,40,42)/b30-24-/t29-,36-,37-,38+/m0/s1. The summed E-state index contributed by atoms with van der Waals surface area (Å²) in [5, 5.41) is 12.9. The number of fused-ring (bicyclic) bond motifs is 1. The van der Waals surface area contributed by atoms with Gasteiger partial charge in [0.15, 0.2) is 11.6 Å². The van der Waals surface area contributed by atoms with Crippen LogP contribution < -0.4 is 5.32 Å². The summed E-state index contributed by atoms with van der Waals surface area (Å²) in [5.41, 5.74) is -0.155. The molecule has 242 valence electrons. The summed E-state index contributed by atoms with van der Waals surface area (Å²) in [6.07, 6.45) is 13.4. The molecule has 0 aliphatic heterocycles. The first-order valence-corrected chi connectivity index (χ1v) is 16.8. The largest absolute Gasteiger partial charge is 0.356 e. The molecule has 0 spiro atoms. The van der Waals surface area contributed by atoms with Crippen LogP contribution in [-0.2, 0) is 14.4 Å². The maximum atomic E-state index is 13.3. The average Bonchev–Trinajstić information content (AvgIpc) is 2.90. The highest BCUT2D eigenvalue weighted by atomic mass is 16.1. The van der Waals surface area contributed by atoms with Crippen molar-refractivity contribution in [3.63, 3.8) is 0 Å². The number of ketones is 2. The van der Waals surface area contributed by atoms with Crippen LogP contribution in [0.25, 0.3) is 0 Å². The topological polar surface area (TPSA) is 87.0 Å². The second kappa shape index (κ2) is 13.4. The Bertz CT molecular complexity index is 1170. The molecular formula is C38H62N2O3. The predicted molar refractivity (Wildman–Crippen MR) is 177 cm³/mol. The van der Waals surface area contributed by atoms with Crippen molar-refractivity contribution in [1.29, 1.82) is 5.26 Å². The number of Topliss-reactive ketones (excluding diaryl/α,β-unsaturated/α-hetero) is 1. The van der Waals surface area contributed by atoms with Crippen LogP contribution in [0.5, 0.6) is 0 Å². The first-order valence-electron chi connectivity index (χ1n) is 16.8. The molecule has 1 saturated carbocycles. The second-order valence-electron chi connectivity index (χ2n) is 16.7. The third-order valence-corrected chi connectivity index (χ3v) is 12.0. The van der Waals surface area contributed by atoms with Crippen molar-refractivity contribution in [3.8, 4) is 6.07 Å². The fourth-order valence-corrected chi connectivity index (χ4v) is 8.52. The molecule has 0 saturated heterocycles. The van der Waals surface area contributed by atoms with Crippen molar-refractivity contribution in [1.82, 2.24) is 5.32 Å². The van der Waals surface area contributed by atoms with Crippen LogP contribution in [0, 0.1) is 49.7 Å². The lowest BCUT2D eigenvalue weighted by atomic mass is 9.42. The van der Waals surface area contributed by atoms with E-state index in [9.17, 15) is 19.6 Å². The third-order valence-electron chi connectivity index (χ3n) is 12.0. The molecule has 0 bridgehead atoms. The normalized spacial score (nSPS) is 28.0. The molecular weight excluding hydrogens is 532 g/mol. The van der Waals surface area contributed by atoms with E-state index in [1.165, 1.54) is 12.8 Å². The van der Waals surface area contributed by atoms with Crippen LogP contribution in [0.2, 0.25) is 0 Å². The summed E-state index contributed by atoms with van der Waals surface area (Å²) in [6.45, 7) is 26.7. The zero-order valence-corrected chi connectivity index (χ0v) is 29.7. The van der Waals surface area contributed by atoms with E-state index >= 15 is 0 Å². The molecule has 1 N–H and O–H groups in total. The molecule has 0 heterocycles. The summed E-state index contributed by atoms with van der Waals surface area (Å²) in [6, 6.07) is 2.19. The fraction of sp³-hybridized carbons (Fsp3) is 0.789. The zero-order chi connectivity index (χ0) is 33.1. The van der Waals surface area contributed by atoms with Crippen molar-refractivity contribution in [2.45, 2.75) is 147 Å². The van der Waals surface area contributed by atoms with E-state index < -0.39 is 10.8 Å². The van der Waals surface area contributed by atoms with Crippen LogP contribution in [0.1, 0.15) is 147 Å². The van der Waals surface area contributed by atoms with E-state index in [-0.39, 0.29) is 50.6 Å². The van der Waals surface area contributed by atoms with E-state index in [0.717, 1.165) is 50.5 Å². The highest BCUT2D eigenvalue weighted by molar-refractivity contribution is 6.04. The Morgan fingerprint density at radius 1 is 1.00 bits per heavy atom. The maximum Gasteiger partial charge on any atom is 0.220 e. The van der Waals surface area contributed by atoms with Crippen LogP contribution in [-0.4, -0.2) is 24.0 Å². The molecule has 1 amide bonds. The van der Waals surface area contributed by atoms with Gasteiger partial charge in [0.1, 0.15) is 6.07 Å². The van der Waals surface area contributed by atoms with Gasteiger partial charge >= 0.3 is 0 Å². The number of carbonyl (C=O) groups excluding carboxylic acids is 3. The number of allylic oxidation sites excluding steroid dienone is 4. The van der Waals surface area contributed by atoms with Crippen LogP contribution >= 0.6 is 0 Å². The van der Waals surface area contributed by atoms with Gasteiger partial charge in [-0.3, -0.25) is 14.4 Å². The van der Waals surface area contributed by atoms with Crippen LogP contribution in [0.15, 0.2) is 23.3 Å². The van der Waals surface area contributed by atoms with Crippen molar-refractivity contribution in [2.24, 2.45) is 38.4 Å². The Labute approximate surface area is 263 Å². The average molecular weight is 595 g/mol. The first kappa shape index (κ1) is 37.0. The lowest BCUT2D eigenvalue weighted by Crippen LogP contribution is -2.55. The van der Waals surface area contributed by atoms with E-state index in [4.69, 9.17) is 0 Å². The van der Waals surface area contributed by atoms with Gasteiger partial charge in [0, 0.05) is 23.8 Å². The number of rotatable bonds is 14. The second-order valence-corrected chi connectivity index (χ2v) is 16.7. The van der Waals surface area contributed by atoms with Crippen molar-refractivity contribution < 1.29 is 14.4 Å². The Balaban J connectivity index is 2.51. The summed E-state index contributed by atoms with van der Waals surface area (Å²) >= 11 is 0. The number of hydrogen-bond acceptors (Lipinski definition) is 4. The molecule has 1 fully saturated rings. The molecule has 0 aromatic rings. The molecule has 5 heteroatoms. The van der Waals surface area contributed by atoms with Crippen molar-refractivity contribution >= 4 is 17.5 Å². The molecule has 2 aliphatic rings. The minimum Gasteiger partial charge on any atom is -0.356 e. The molecule has 4 atom stereocenters. The van der Waals surface area contributed by atoms with Crippen LogP contribution in [0.4, 0.5) is 0 Å². The van der Waals surface area contributed by atoms with Crippen molar-refractivity contribution in [2.75, 3.05) is 6.54 Å². The smallest absolute Gasteiger partial charge is 0.220 e. The summed E-state index contributed by atoms with van der Waals surface area (Å²) in [7, 11) is 0. The van der Waals surface area contributed by atoms with Crippen molar-refractivity contribution in [3.05, 3.63) is 23.3 Å². The fourth-order valence-electron chi connectivity index (χ4n) is 8.52. The predicted octanol–water partition coefficient (Wildman–Crippen LogP) is 9.32. The Kier molecular flexibility index (Phi) is 11.5. The Hall–Kier alpha value is -2.22. The van der Waals surface area contributed by atoms with Gasteiger partial charge in [-0.25, -0.2) is 0 Å². The van der Waals surface area contributed by atoms with Gasteiger partial charge in [-0.1, -0.05) is 87.3 Å². The van der Waals surface area contributed by atoms with Gasteiger partial charge in [0.25, 0.3) is 0 Å². The number of nitriles is 1. The molecule has 0 aromatic carbocycles. The summed E-state index contributed by atoms with van der Waals surface area (Å²) < 4.78 is 0. The molecule has 0 radical (unpaired) electrons. The van der Waals surface area contributed by atoms with Gasteiger partial charge in [-0.2, -0.15) is 5.26 Å². The SMILES string of the molecule is CCCC(C)(C)CC[C@](C)(CCC(=O)NCC)CCC(C)(C)[C@]1(C)CC[C@H]2C(C)(C)C(=O)C(C#N)=C[C@]2(C)/C1=C/C(C)=O. The zero-order valence-electron chi connectivity index (χ0n) is 29.7. The lowest BCUT2D eigenvalue weighted by molar-refractivity contribution is -0.131. The summed E-state index contributed by atoms with van der Waals surface area (Å²) in [5.74, 6) is 0.0595. The minimum atomic E-state index is -0.682. The van der Waals surface area contributed by atoms with Gasteiger partial charge in [0.05, 0.1) is 5.57 Å². The summed E-state index contributed by atoms with van der Waals surface area (Å²) in [4.78, 5) is 38.6. The van der Waals surface area contributed by atoms with Gasteiger partial charge < -0.3 is 5.32 Å². The first-order chi connectivity index (χ1) is 19.6. The molecule has 5 nitrogen and oxygen atoms in total. The highest BCUT2D eigenvalue weighted by Gasteiger charge is 2.61. The molecule has 2 aliphatic carbocycles. The molecule has 43 heavy (non-hydrogen) atoms. The van der Waals surface area contributed by atoms with Gasteiger partial charge in [-0.15, -0.1) is 0 Å². The third kappa shape index (κ3) is 7.90. The lowest BCUT2D eigenvalue weighted by Gasteiger charge is -2.61. The van der Waals surface area contributed by atoms with Gasteiger partial charge in [-0.05, 0) is 98.9 Å². The quantitative estimate of drug-likeness (QED) is 0.203. The number of nitrogens with one attached hydrogen (secondary N) is 1. The Morgan fingerprint density at radius 3 is 2.14 bits per heavy atom. The number of carbonyl (C=O) groups is 3. The van der Waals surface area contributed by atoms with Crippen LogP contribution in [0.3, 0.4) is 0 Å². The van der Waals surface area contributed by atoms with Gasteiger partial charge in [0.2, 0.25) is 5.91 Å². The number of amides is 1. The number of hydrogen-bond donors (Lipinski definition) is 1. The molecule has 0 aromatic heterocycles. The van der Waals surface area contributed by atoms with E-state index in [1.54, 1.807) is 6.92 Å². The monoisotopic (exact) mass is 594 g/mol. The maximum absolute atomic E-state index is 13.3. The minimum absolute atomic E-state index is 0.00504. The number of nitrogens with zero attached hydrogens (tertiary/aromatic N) is 1.